The van der Waals surface area contributed by atoms with E-state index < -0.39 is 0 Å². The summed E-state index contributed by atoms with van der Waals surface area (Å²) in [5, 5.41) is 20.5. The highest BCUT2D eigenvalue weighted by atomic mass is 35.5. The number of aliphatic hydroxyl groups is 1. The monoisotopic (exact) mass is 379 g/mol. The number of rotatable bonds is 5. The highest BCUT2D eigenvalue weighted by Gasteiger charge is 2.25. The SMILES string of the molecule is COc1ccc(Cl)cc1NC(=O)N1CCC(n2cc(CCO)nn2)CC1. The van der Waals surface area contributed by atoms with Crippen LogP contribution in [0.2, 0.25) is 5.02 Å². The molecule has 26 heavy (non-hydrogen) atoms. The molecule has 9 heteroatoms. The fourth-order valence-electron chi connectivity index (χ4n) is 3.03. The minimum atomic E-state index is -0.177. The van der Waals surface area contributed by atoms with Crippen LogP contribution in [0.1, 0.15) is 24.6 Å². The van der Waals surface area contributed by atoms with Gasteiger partial charge in [0.05, 0.1) is 24.5 Å². The molecule has 0 radical (unpaired) electrons. The largest absolute Gasteiger partial charge is 0.495 e. The molecule has 1 aromatic carbocycles. The lowest BCUT2D eigenvalue weighted by Gasteiger charge is -2.32. The standard InChI is InChI=1S/C17H22ClN5O3/c1-26-16-3-2-12(18)10-15(16)19-17(25)22-7-4-14(5-8-22)23-11-13(6-9-24)20-21-23/h2-3,10-11,14,24H,4-9H2,1H3,(H,19,25). The van der Waals surface area contributed by atoms with Crippen molar-refractivity contribution in [1.29, 1.82) is 0 Å². The molecule has 0 saturated carbocycles. The van der Waals surface area contributed by atoms with Crippen molar-refractivity contribution in [3.8, 4) is 5.75 Å². The number of anilines is 1. The van der Waals surface area contributed by atoms with Crippen LogP contribution in [0, 0.1) is 0 Å². The highest BCUT2D eigenvalue weighted by Crippen LogP contribution is 2.29. The molecular formula is C17H22ClN5O3. The number of methoxy groups -OCH3 is 1. The maximum Gasteiger partial charge on any atom is 0.321 e. The van der Waals surface area contributed by atoms with Crippen molar-refractivity contribution in [2.45, 2.75) is 25.3 Å². The Kier molecular flexibility index (Phi) is 5.95. The minimum absolute atomic E-state index is 0.0598. The second-order valence-electron chi connectivity index (χ2n) is 6.16. The van der Waals surface area contributed by atoms with Crippen LogP contribution in [0.25, 0.3) is 0 Å². The summed E-state index contributed by atoms with van der Waals surface area (Å²) in [4.78, 5) is 14.3. The molecule has 2 N–H and O–H groups in total. The molecule has 1 saturated heterocycles. The topological polar surface area (TPSA) is 92.5 Å². The van der Waals surface area contributed by atoms with E-state index in [4.69, 9.17) is 21.4 Å². The number of nitrogens with one attached hydrogen (secondary N) is 1. The molecule has 0 bridgehead atoms. The summed E-state index contributed by atoms with van der Waals surface area (Å²) >= 11 is 6.00. The Morgan fingerprint density at radius 2 is 2.19 bits per heavy atom. The van der Waals surface area contributed by atoms with Crippen molar-refractivity contribution in [2.24, 2.45) is 0 Å². The average molecular weight is 380 g/mol. The Morgan fingerprint density at radius 3 is 2.88 bits per heavy atom. The molecule has 2 amide bonds. The van der Waals surface area contributed by atoms with Gasteiger partial charge in [0, 0.05) is 37.3 Å². The summed E-state index contributed by atoms with van der Waals surface area (Å²) in [5.74, 6) is 0.566. The normalized spacial score (nSPS) is 15.1. The number of aliphatic hydroxyl groups excluding tert-OH is 1. The second-order valence-corrected chi connectivity index (χ2v) is 6.59. The van der Waals surface area contributed by atoms with E-state index in [1.165, 1.54) is 0 Å². The van der Waals surface area contributed by atoms with Gasteiger partial charge in [-0.1, -0.05) is 16.8 Å². The Morgan fingerprint density at radius 1 is 1.42 bits per heavy atom. The minimum Gasteiger partial charge on any atom is -0.495 e. The first-order valence-corrected chi connectivity index (χ1v) is 8.89. The lowest BCUT2D eigenvalue weighted by Crippen LogP contribution is -2.41. The van der Waals surface area contributed by atoms with Gasteiger partial charge in [-0.3, -0.25) is 0 Å². The third-order valence-corrected chi connectivity index (χ3v) is 4.69. The van der Waals surface area contributed by atoms with Gasteiger partial charge in [-0.15, -0.1) is 5.10 Å². The van der Waals surface area contributed by atoms with E-state index in [0.717, 1.165) is 18.5 Å². The van der Waals surface area contributed by atoms with Crippen LogP contribution >= 0.6 is 11.6 Å². The van der Waals surface area contributed by atoms with Crippen LogP contribution in [-0.2, 0) is 6.42 Å². The lowest BCUT2D eigenvalue weighted by molar-refractivity contribution is 0.179. The van der Waals surface area contributed by atoms with Gasteiger partial charge in [-0.2, -0.15) is 0 Å². The van der Waals surface area contributed by atoms with Crippen molar-refractivity contribution in [1.82, 2.24) is 19.9 Å². The molecule has 0 unspecified atom stereocenters. The fourth-order valence-corrected chi connectivity index (χ4v) is 3.20. The quantitative estimate of drug-likeness (QED) is 0.831. The Labute approximate surface area is 156 Å². The van der Waals surface area contributed by atoms with Gasteiger partial charge in [-0.05, 0) is 31.0 Å². The van der Waals surface area contributed by atoms with E-state index in [2.05, 4.69) is 15.6 Å². The summed E-state index contributed by atoms with van der Waals surface area (Å²) in [6, 6.07) is 5.13. The zero-order chi connectivity index (χ0) is 18.5. The molecule has 1 aliphatic heterocycles. The summed E-state index contributed by atoms with van der Waals surface area (Å²) in [6.07, 6.45) is 3.96. The smallest absolute Gasteiger partial charge is 0.321 e. The number of aromatic nitrogens is 3. The first kappa shape index (κ1) is 18.5. The van der Waals surface area contributed by atoms with Gasteiger partial charge >= 0.3 is 6.03 Å². The number of carbonyl (C=O) groups excluding carboxylic acids is 1. The summed E-state index contributed by atoms with van der Waals surface area (Å²) in [7, 11) is 1.55. The number of halogens is 1. The number of likely N-dealkylation sites (tertiary alicyclic amines) is 1. The van der Waals surface area contributed by atoms with Crippen LogP contribution in [-0.4, -0.2) is 57.8 Å². The van der Waals surface area contributed by atoms with Crippen LogP contribution in [0.3, 0.4) is 0 Å². The summed E-state index contributed by atoms with van der Waals surface area (Å²) in [6.45, 7) is 1.30. The zero-order valence-electron chi connectivity index (χ0n) is 14.6. The van der Waals surface area contributed by atoms with Crippen molar-refractivity contribution >= 4 is 23.3 Å². The molecular weight excluding hydrogens is 358 g/mol. The predicted octanol–water partition coefficient (Wildman–Crippen LogP) is 2.34. The molecule has 140 valence electrons. The van der Waals surface area contributed by atoms with Crippen molar-refractivity contribution in [3.63, 3.8) is 0 Å². The second kappa shape index (κ2) is 8.37. The Balaban J connectivity index is 1.57. The number of carbonyl (C=O) groups is 1. The number of ether oxygens (including phenoxy) is 1. The third kappa shape index (κ3) is 4.25. The number of piperidine rings is 1. The third-order valence-electron chi connectivity index (χ3n) is 4.45. The maximum absolute atomic E-state index is 12.5. The van der Waals surface area contributed by atoms with Gasteiger partial charge in [-0.25, -0.2) is 9.48 Å². The number of urea groups is 1. The first-order valence-electron chi connectivity index (χ1n) is 8.51. The van der Waals surface area contributed by atoms with Crippen molar-refractivity contribution < 1.29 is 14.6 Å². The van der Waals surface area contributed by atoms with Crippen molar-refractivity contribution in [3.05, 3.63) is 35.1 Å². The van der Waals surface area contributed by atoms with E-state index in [9.17, 15) is 4.79 Å². The van der Waals surface area contributed by atoms with E-state index in [1.54, 1.807) is 30.2 Å². The fraction of sp³-hybridized carbons (Fsp3) is 0.471. The molecule has 1 fully saturated rings. The summed E-state index contributed by atoms with van der Waals surface area (Å²) in [5.41, 5.74) is 1.33. The highest BCUT2D eigenvalue weighted by molar-refractivity contribution is 6.31. The van der Waals surface area contributed by atoms with Gasteiger partial charge in [0.2, 0.25) is 0 Å². The van der Waals surface area contributed by atoms with E-state index >= 15 is 0 Å². The molecule has 2 heterocycles. The molecule has 0 aliphatic carbocycles. The van der Waals surface area contributed by atoms with E-state index in [-0.39, 0.29) is 18.7 Å². The van der Waals surface area contributed by atoms with E-state index in [1.807, 2.05) is 10.9 Å². The number of amides is 2. The van der Waals surface area contributed by atoms with Gasteiger partial charge in [0.25, 0.3) is 0 Å². The lowest BCUT2D eigenvalue weighted by atomic mass is 10.1. The number of hydrogen-bond acceptors (Lipinski definition) is 5. The average Bonchev–Trinajstić information content (AvgIpc) is 3.11. The number of hydrogen-bond donors (Lipinski definition) is 2. The molecule has 0 spiro atoms. The van der Waals surface area contributed by atoms with Crippen molar-refractivity contribution in [2.75, 3.05) is 32.1 Å². The van der Waals surface area contributed by atoms with Crippen LogP contribution < -0.4 is 10.1 Å². The molecule has 2 aromatic rings. The molecule has 1 aliphatic rings. The van der Waals surface area contributed by atoms with Gasteiger partial charge in [0.15, 0.2) is 0 Å². The molecule has 1 aromatic heterocycles. The zero-order valence-corrected chi connectivity index (χ0v) is 15.3. The van der Waals surface area contributed by atoms with Gasteiger partial charge < -0.3 is 20.1 Å². The van der Waals surface area contributed by atoms with Crippen LogP contribution in [0.4, 0.5) is 10.5 Å². The molecule has 8 nitrogen and oxygen atoms in total. The number of nitrogens with zero attached hydrogens (tertiary/aromatic N) is 4. The first-order chi connectivity index (χ1) is 12.6. The Hall–Kier alpha value is -2.32. The molecule has 0 atom stereocenters. The van der Waals surface area contributed by atoms with Gasteiger partial charge in [0.1, 0.15) is 5.75 Å². The van der Waals surface area contributed by atoms with Crippen LogP contribution in [0.5, 0.6) is 5.75 Å². The maximum atomic E-state index is 12.5. The Bertz CT molecular complexity index is 759. The van der Waals surface area contributed by atoms with E-state index in [0.29, 0.717) is 36.0 Å². The molecule has 3 rings (SSSR count). The van der Waals surface area contributed by atoms with Crippen LogP contribution in [0.15, 0.2) is 24.4 Å². The predicted molar refractivity (Wildman–Crippen MR) is 97.7 cm³/mol. The number of benzene rings is 1. The summed E-state index contributed by atoms with van der Waals surface area (Å²) < 4.78 is 7.09.